The van der Waals surface area contributed by atoms with Crippen LogP contribution < -0.4 is 11.1 Å². The first-order valence-electron chi connectivity index (χ1n) is 6.79. The summed E-state index contributed by atoms with van der Waals surface area (Å²) >= 11 is 3.59. The molecule has 2 unspecified atom stereocenters. The largest absolute Gasteiger partial charge is 0.377 e. The van der Waals surface area contributed by atoms with E-state index in [2.05, 4.69) is 54.2 Å². The Labute approximate surface area is 119 Å². The Morgan fingerprint density at radius 3 is 2.50 bits per heavy atom. The maximum atomic E-state index is 6.04. The van der Waals surface area contributed by atoms with Crippen LogP contribution in [-0.2, 0) is 0 Å². The summed E-state index contributed by atoms with van der Waals surface area (Å²) in [4.78, 5) is 0. The Kier molecular flexibility index (Phi) is 6.16. The average Bonchev–Trinajstić information content (AvgIpc) is 2.40. The van der Waals surface area contributed by atoms with E-state index < -0.39 is 0 Å². The zero-order valence-electron chi connectivity index (χ0n) is 11.7. The van der Waals surface area contributed by atoms with Crippen molar-refractivity contribution in [1.29, 1.82) is 0 Å². The third-order valence-corrected chi connectivity index (χ3v) is 4.47. The lowest BCUT2D eigenvalue weighted by molar-refractivity contribution is 0.346. The lowest BCUT2D eigenvalue weighted by atomic mass is 9.84. The summed E-state index contributed by atoms with van der Waals surface area (Å²) in [6.07, 6.45) is 3.34. The molecular weight excluding hydrogens is 288 g/mol. The Bertz CT molecular complexity index is 361. The molecule has 0 radical (unpaired) electrons. The van der Waals surface area contributed by atoms with Gasteiger partial charge in [-0.2, -0.15) is 0 Å². The molecular formula is C15H25BrN2. The van der Waals surface area contributed by atoms with Gasteiger partial charge < -0.3 is 11.1 Å². The minimum absolute atomic E-state index is 0.000694. The van der Waals surface area contributed by atoms with Crippen molar-refractivity contribution in [2.24, 2.45) is 11.7 Å². The van der Waals surface area contributed by atoms with Crippen LogP contribution in [0, 0.1) is 5.92 Å². The summed E-state index contributed by atoms with van der Waals surface area (Å²) in [7, 11) is 0. The van der Waals surface area contributed by atoms with Gasteiger partial charge in [-0.15, -0.1) is 0 Å². The highest BCUT2D eigenvalue weighted by Gasteiger charge is 2.28. The van der Waals surface area contributed by atoms with E-state index in [9.17, 15) is 0 Å². The van der Waals surface area contributed by atoms with Gasteiger partial charge in [0.15, 0.2) is 0 Å². The van der Waals surface area contributed by atoms with Gasteiger partial charge in [-0.05, 0) is 46.8 Å². The molecule has 2 nitrogen and oxygen atoms in total. The van der Waals surface area contributed by atoms with E-state index in [0.717, 1.165) is 23.0 Å². The molecule has 0 aliphatic rings. The van der Waals surface area contributed by atoms with Gasteiger partial charge in [0, 0.05) is 22.2 Å². The molecule has 3 N–H and O–H groups in total. The number of rotatable bonds is 7. The number of para-hydroxylation sites is 1. The fraction of sp³-hybridized carbons (Fsp3) is 0.600. The van der Waals surface area contributed by atoms with Gasteiger partial charge >= 0.3 is 0 Å². The maximum absolute atomic E-state index is 6.04. The van der Waals surface area contributed by atoms with E-state index >= 15 is 0 Å². The first kappa shape index (κ1) is 15.5. The first-order valence-corrected chi connectivity index (χ1v) is 7.59. The van der Waals surface area contributed by atoms with Crippen molar-refractivity contribution in [2.45, 2.75) is 45.6 Å². The minimum Gasteiger partial charge on any atom is -0.377 e. The van der Waals surface area contributed by atoms with E-state index in [-0.39, 0.29) is 5.54 Å². The molecule has 0 aliphatic carbocycles. The molecule has 0 spiro atoms. The van der Waals surface area contributed by atoms with Crippen molar-refractivity contribution < 1.29 is 0 Å². The molecule has 0 saturated carbocycles. The smallest absolute Gasteiger partial charge is 0.0496 e. The second-order valence-electron chi connectivity index (χ2n) is 5.16. The number of nitrogens with two attached hydrogens (primary N) is 1. The number of hydrogen-bond acceptors (Lipinski definition) is 2. The fourth-order valence-electron chi connectivity index (χ4n) is 2.22. The van der Waals surface area contributed by atoms with Crippen LogP contribution in [-0.4, -0.2) is 12.1 Å². The number of benzene rings is 1. The van der Waals surface area contributed by atoms with Crippen LogP contribution in [0.2, 0.25) is 0 Å². The molecule has 2 atom stereocenters. The van der Waals surface area contributed by atoms with Gasteiger partial charge in [0.2, 0.25) is 0 Å². The van der Waals surface area contributed by atoms with E-state index in [0.29, 0.717) is 12.5 Å². The van der Waals surface area contributed by atoms with Gasteiger partial charge in [0.25, 0.3) is 0 Å². The SMILES string of the molecule is CCC(C)CC(CC)(CN)Nc1ccccc1Br. The molecule has 1 aromatic carbocycles. The van der Waals surface area contributed by atoms with Crippen LogP contribution in [0.25, 0.3) is 0 Å². The summed E-state index contributed by atoms with van der Waals surface area (Å²) in [5, 5.41) is 3.65. The Morgan fingerprint density at radius 1 is 1.33 bits per heavy atom. The highest BCUT2D eigenvalue weighted by Crippen LogP contribution is 2.30. The van der Waals surface area contributed by atoms with Crippen molar-refractivity contribution in [1.82, 2.24) is 0 Å². The summed E-state index contributed by atoms with van der Waals surface area (Å²) in [6, 6.07) is 8.23. The Balaban J connectivity index is 2.88. The number of nitrogens with one attached hydrogen (secondary N) is 1. The van der Waals surface area contributed by atoms with E-state index in [4.69, 9.17) is 5.73 Å². The van der Waals surface area contributed by atoms with Crippen molar-refractivity contribution in [3.8, 4) is 0 Å². The molecule has 0 heterocycles. The fourth-order valence-corrected chi connectivity index (χ4v) is 2.61. The average molecular weight is 313 g/mol. The Morgan fingerprint density at radius 2 is 2.00 bits per heavy atom. The van der Waals surface area contributed by atoms with Crippen LogP contribution in [0.5, 0.6) is 0 Å². The lowest BCUT2D eigenvalue weighted by Crippen LogP contribution is -2.46. The molecule has 3 heteroatoms. The predicted molar refractivity (Wildman–Crippen MR) is 83.9 cm³/mol. The number of halogens is 1. The minimum atomic E-state index is -0.000694. The molecule has 0 aromatic heterocycles. The predicted octanol–water partition coefficient (Wildman–Crippen LogP) is 4.40. The molecule has 18 heavy (non-hydrogen) atoms. The third kappa shape index (κ3) is 3.99. The normalized spacial score (nSPS) is 16.1. The maximum Gasteiger partial charge on any atom is 0.0496 e. The zero-order chi connectivity index (χ0) is 13.6. The molecule has 0 amide bonds. The molecule has 0 aliphatic heterocycles. The summed E-state index contributed by atoms with van der Waals surface area (Å²) in [5.74, 6) is 0.684. The highest BCUT2D eigenvalue weighted by atomic mass is 79.9. The van der Waals surface area contributed by atoms with E-state index in [1.165, 1.54) is 6.42 Å². The standard InChI is InChI=1S/C15H25BrN2/c1-4-12(3)10-15(5-2,11-17)18-14-9-7-6-8-13(14)16/h6-9,12,18H,4-5,10-11,17H2,1-3H3. The van der Waals surface area contributed by atoms with Crippen LogP contribution >= 0.6 is 15.9 Å². The molecule has 0 bridgehead atoms. The van der Waals surface area contributed by atoms with Crippen molar-refractivity contribution >= 4 is 21.6 Å². The third-order valence-electron chi connectivity index (χ3n) is 3.78. The van der Waals surface area contributed by atoms with E-state index in [1.54, 1.807) is 0 Å². The van der Waals surface area contributed by atoms with Gasteiger partial charge in [0.1, 0.15) is 0 Å². The van der Waals surface area contributed by atoms with Crippen LogP contribution in [0.4, 0.5) is 5.69 Å². The summed E-state index contributed by atoms with van der Waals surface area (Å²) in [6.45, 7) is 7.40. The van der Waals surface area contributed by atoms with Crippen molar-refractivity contribution in [3.63, 3.8) is 0 Å². The van der Waals surface area contributed by atoms with Gasteiger partial charge in [-0.25, -0.2) is 0 Å². The number of anilines is 1. The summed E-state index contributed by atoms with van der Waals surface area (Å²) < 4.78 is 1.10. The number of hydrogen-bond donors (Lipinski definition) is 2. The van der Waals surface area contributed by atoms with Crippen LogP contribution in [0.1, 0.15) is 40.0 Å². The topological polar surface area (TPSA) is 38.0 Å². The van der Waals surface area contributed by atoms with Crippen LogP contribution in [0.3, 0.4) is 0 Å². The lowest BCUT2D eigenvalue weighted by Gasteiger charge is -2.36. The zero-order valence-corrected chi connectivity index (χ0v) is 13.3. The monoisotopic (exact) mass is 312 g/mol. The summed E-state index contributed by atoms with van der Waals surface area (Å²) in [5.41, 5.74) is 7.17. The molecule has 0 saturated heterocycles. The second-order valence-corrected chi connectivity index (χ2v) is 6.01. The van der Waals surface area contributed by atoms with Gasteiger partial charge in [-0.1, -0.05) is 39.3 Å². The quantitative estimate of drug-likeness (QED) is 0.783. The van der Waals surface area contributed by atoms with Crippen molar-refractivity contribution in [2.75, 3.05) is 11.9 Å². The van der Waals surface area contributed by atoms with E-state index in [1.807, 2.05) is 12.1 Å². The van der Waals surface area contributed by atoms with Gasteiger partial charge in [-0.3, -0.25) is 0 Å². The molecule has 1 aromatic rings. The molecule has 102 valence electrons. The van der Waals surface area contributed by atoms with Gasteiger partial charge in [0.05, 0.1) is 0 Å². The first-order chi connectivity index (χ1) is 8.56. The molecule has 0 fully saturated rings. The van der Waals surface area contributed by atoms with Crippen LogP contribution in [0.15, 0.2) is 28.7 Å². The highest BCUT2D eigenvalue weighted by molar-refractivity contribution is 9.10. The second kappa shape index (κ2) is 7.15. The van der Waals surface area contributed by atoms with Crippen molar-refractivity contribution in [3.05, 3.63) is 28.7 Å². The molecule has 1 rings (SSSR count). The Hall–Kier alpha value is -0.540.